The van der Waals surface area contributed by atoms with E-state index < -0.39 is 5.97 Å². The predicted molar refractivity (Wildman–Crippen MR) is 89.6 cm³/mol. The van der Waals surface area contributed by atoms with Crippen molar-refractivity contribution >= 4 is 5.97 Å². The Hall–Kier alpha value is -2.95. The van der Waals surface area contributed by atoms with Gasteiger partial charge in [0, 0.05) is 5.56 Å². The van der Waals surface area contributed by atoms with E-state index in [2.05, 4.69) is 5.10 Å². The zero-order chi connectivity index (χ0) is 17.3. The number of rotatable bonds is 4. The molecular weight excluding hydrogens is 307 g/mol. The van der Waals surface area contributed by atoms with Crippen molar-refractivity contribution in [1.82, 2.24) is 9.78 Å². The SMILES string of the molecule is Cc1ccc(-c2cc(C(=O)O)n(Cc3ccc(C)c(F)c3)n2)cc1. The first-order chi connectivity index (χ1) is 11.4. The summed E-state index contributed by atoms with van der Waals surface area (Å²) in [6.45, 7) is 3.87. The third-order valence-corrected chi connectivity index (χ3v) is 3.92. The fraction of sp³-hybridized carbons (Fsp3) is 0.158. The van der Waals surface area contributed by atoms with E-state index in [1.54, 1.807) is 19.1 Å². The summed E-state index contributed by atoms with van der Waals surface area (Å²) in [6, 6.07) is 14.1. The topological polar surface area (TPSA) is 55.1 Å². The number of hydrogen-bond donors (Lipinski definition) is 1. The predicted octanol–water partition coefficient (Wildman–Crippen LogP) is 4.05. The smallest absolute Gasteiger partial charge is 0.354 e. The Morgan fingerprint density at radius 1 is 1.12 bits per heavy atom. The molecule has 0 bridgehead atoms. The van der Waals surface area contributed by atoms with Gasteiger partial charge in [-0.1, -0.05) is 42.0 Å². The third kappa shape index (κ3) is 3.20. The van der Waals surface area contributed by atoms with Crippen molar-refractivity contribution in [2.24, 2.45) is 0 Å². The zero-order valence-electron chi connectivity index (χ0n) is 13.5. The molecule has 3 aromatic rings. The second-order valence-electron chi connectivity index (χ2n) is 5.83. The average molecular weight is 324 g/mol. The Morgan fingerprint density at radius 2 is 1.83 bits per heavy atom. The molecule has 0 atom stereocenters. The van der Waals surface area contributed by atoms with Crippen LogP contribution in [0.2, 0.25) is 0 Å². The van der Waals surface area contributed by atoms with Crippen LogP contribution in [0.15, 0.2) is 48.5 Å². The maximum atomic E-state index is 13.7. The van der Waals surface area contributed by atoms with Crippen LogP contribution in [0.1, 0.15) is 27.2 Å². The second kappa shape index (κ2) is 6.28. The highest BCUT2D eigenvalue weighted by molar-refractivity contribution is 5.87. The minimum absolute atomic E-state index is 0.0755. The summed E-state index contributed by atoms with van der Waals surface area (Å²) >= 11 is 0. The molecule has 0 saturated heterocycles. The number of halogens is 1. The second-order valence-corrected chi connectivity index (χ2v) is 5.83. The Morgan fingerprint density at radius 3 is 2.46 bits per heavy atom. The van der Waals surface area contributed by atoms with E-state index in [1.165, 1.54) is 16.8 Å². The summed E-state index contributed by atoms with van der Waals surface area (Å²) in [7, 11) is 0. The van der Waals surface area contributed by atoms with Gasteiger partial charge in [0.15, 0.2) is 0 Å². The molecule has 0 amide bonds. The van der Waals surface area contributed by atoms with E-state index in [-0.39, 0.29) is 18.1 Å². The van der Waals surface area contributed by atoms with Crippen LogP contribution in [-0.2, 0) is 6.54 Å². The van der Waals surface area contributed by atoms with Crippen LogP contribution in [0, 0.1) is 19.7 Å². The van der Waals surface area contributed by atoms with Gasteiger partial charge in [0.1, 0.15) is 11.5 Å². The number of carboxylic acids is 1. The Labute approximate surface area is 139 Å². The Bertz CT molecular complexity index is 898. The number of aromatic nitrogens is 2. The lowest BCUT2D eigenvalue weighted by Gasteiger charge is -2.06. The molecule has 1 heterocycles. The van der Waals surface area contributed by atoms with Gasteiger partial charge in [-0.05, 0) is 37.1 Å². The molecule has 0 aliphatic heterocycles. The van der Waals surface area contributed by atoms with Crippen LogP contribution in [0.5, 0.6) is 0 Å². The van der Waals surface area contributed by atoms with Gasteiger partial charge in [0.25, 0.3) is 0 Å². The van der Waals surface area contributed by atoms with Gasteiger partial charge in [-0.2, -0.15) is 5.10 Å². The molecule has 0 unspecified atom stereocenters. The van der Waals surface area contributed by atoms with Crippen molar-refractivity contribution in [2.45, 2.75) is 20.4 Å². The maximum Gasteiger partial charge on any atom is 0.354 e. The summed E-state index contributed by atoms with van der Waals surface area (Å²) in [4.78, 5) is 11.5. The number of carbonyl (C=O) groups is 1. The average Bonchev–Trinajstić information content (AvgIpc) is 2.96. The molecule has 1 aromatic heterocycles. The molecule has 4 nitrogen and oxygen atoms in total. The number of hydrogen-bond acceptors (Lipinski definition) is 2. The lowest BCUT2D eigenvalue weighted by molar-refractivity contribution is 0.0684. The molecular formula is C19H17FN2O2. The van der Waals surface area contributed by atoms with Crippen molar-refractivity contribution < 1.29 is 14.3 Å². The lowest BCUT2D eigenvalue weighted by Crippen LogP contribution is -2.11. The minimum atomic E-state index is -1.06. The van der Waals surface area contributed by atoms with E-state index in [9.17, 15) is 14.3 Å². The van der Waals surface area contributed by atoms with E-state index in [1.807, 2.05) is 31.2 Å². The fourth-order valence-corrected chi connectivity index (χ4v) is 2.48. The summed E-state index contributed by atoms with van der Waals surface area (Å²) in [5.74, 6) is -1.37. The lowest BCUT2D eigenvalue weighted by atomic mass is 10.1. The van der Waals surface area contributed by atoms with E-state index >= 15 is 0 Å². The van der Waals surface area contributed by atoms with Crippen LogP contribution in [-0.4, -0.2) is 20.9 Å². The first-order valence-electron chi connectivity index (χ1n) is 7.57. The van der Waals surface area contributed by atoms with E-state index in [4.69, 9.17) is 0 Å². The van der Waals surface area contributed by atoms with Gasteiger partial charge in [0.05, 0.1) is 12.2 Å². The Balaban J connectivity index is 1.98. The van der Waals surface area contributed by atoms with Gasteiger partial charge in [-0.25, -0.2) is 9.18 Å². The van der Waals surface area contributed by atoms with Gasteiger partial charge in [0.2, 0.25) is 0 Å². The summed E-state index contributed by atoms with van der Waals surface area (Å²) in [6.07, 6.45) is 0. The van der Waals surface area contributed by atoms with Crippen LogP contribution >= 0.6 is 0 Å². The van der Waals surface area contributed by atoms with E-state index in [0.717, 1.165) is 11.1 Å². The molecule has 0 aliphatic rings. The molecule has 1 N–H and O–H groups in total. The third-order valence-electron chi connectivity index (χ3n) is 3.92. The molecule has 3 rings (SSSR count). The number of aromatic carboxylic acids is 1. The van der Waals surface area contributed by atoms with Crippen LogP contribution in [0.3, 0.4) is 0 Å². The first kappa shape index (κ1) is 15.9. The molecule has 0 saturated carbocycles. The monoisotopic (exact) mass is 324 g/mol. The zero-order valence-corrected chi connectivity index (χ0v) is 13.5. The van der Waals surface area contributed by atoms with Gasteiger partial charge >= 0.3 is 5.97 Å². The summed E-state index contributed by atoms with van der Waals surface area (Å²) in [5, 5.41) is 13.8. The van der Waals surface area contributed by atoms with Crippen LogP contribution in [0.25, 0.3) is 11.3 Å². The largest absolute Gasteiger partial charge is 0.477 e. The molecule has 122 valence electrons. The van der Waals surface area contributed by atoms with Gasteiger partial charge < -0.3 is 5.11 Å². The van der Waals surface area contributed by atoms with Crippen molar-refractivity contribution in [3.63, 3.8) is 0 Å². The molecule has 5 heteroatoms. The van der Waals surface area contributed by atoms with Crippen LogP contribution in [0.4, 0.5) is 4.39 Å². The highest BCUT2D eigenvalue weighted by Gasteiger charge is 2.16. The van der Waals surface area contributed by atoms with Crippen molar-refractivity contribution in [3.8, 4) is 11.3 Å². The number of carboxylic acid groups (broad SMARTS) is 1. The van der Waals surface area contributed by atoms with Gasteiger partial charge in [-0.3, -0.25) is 4.68 Å². The standard InChI is InChI=1S/C19H17FN2O2/c1-12-3-7-15(8-4-12)17-10-18(19(23)24)22(21-17)11-14-6-5-13(2)16(20)9-14/h3-10H,11H2,1-2H3,(H,23,24). The van der Waals surface area contributed by atoms with E-state index in [0.29, 0.717) is 16.8 Å². The van der Waals surface area contributed by atoms with Crippen molar-refractivity contribution in [3.05, 3.63) is 76.7 Å². The molecule has 2 aromatic carbocycles. The number of benzene rings is 2. The van der Waals surface area contributed by atoms with Crippen LogP contribution < -0.4 is 0 Å². The molecule has 0 spiro atoms. The number of aryl methyl sites for hydroxylation is 2. The maximum absolute atomic E-state index is 13.7. The normalized spacial score (nSPS) is 10.8. The summed E-state index contributed by atoms with van der Waals surface area (Å²) < 4.78 is 15.1. The quantitative estimate of drug-likeness (QED) is 0.787. The molecule has 0 radical (unpaired) electrons. The molecule has 0 fully saturated rings. The fourth-order valence-electron chi connectivity index (χ4n) is 2.48. The Kier molecular flexibility index (Phi) is 4.16. The van der Waals surface area contributed by atoms with Crippen molar-refractivity contribution in [2.75, 3.05) is 0 Å². The number of nitrogens with zero attached hydrogens (tertiary/aromatic N) is 2. The summed E-state index contributed by atoms with van der Waals surface area (Å²) in [5.41, 5.74) is 3.84. The highest BCUT2D eigenvalue weighted by Crippen LogP contribution is 2.21. The molecule has 0 aliphatic carbocycles. The minimum Gasteiger partial charge on any atom is -0.477 e. The molecule has 24 heavy (non-hydrogen) atoms. The van der Waals surface area contributed by atoms with Gasteiger partial charge in [-0.15, -0.1) is 0 Å². The first-order valence-corrected chi connectivity index (χ1v) is 7.57. The highest BCUT2D eigenvalue weighted by atomic mass is 19.1. The van der Waals surface area contributed by atoms with Crippen molar-refractivity contribution in [1.29, 1.82) is 0 Å².